The molecule has 1 aromatic carbocycles. The monoisotopic (exact) mass is 357 g/mol. The number of piperazine rings is 1. The topological polar surface area (TPSA) is 89.9 Å². The van der Waals surface area contributed by atoms with E-state index in [4.69, 9.17) is 0 Å². The number of carbonyl (C=O) groups excluding carboxylic acids is 1. The predicted octanol–water partition coefficient (Wildman–Crippen LogP) is -0.619. The van der Waals surface area contributed by atoms with Gasteiger partial charge in [-0.1, -0.05) is 0 Å². The number of aliphatic hydroxyl groups is 1. The third-order valence-electron chi connectivity index (χ3n) is 4.41. The van der Waals surface area contributed by atoms with Gasteiger partial charge in [-0.2, -0.15) is 4.31 Å². The van der Waals surface area contributed by atoms with Gasteiger partial charge in [-0.05, 0) is 30.7 Å². The van der Waals surface area contributed by atoms with E-state index in [9.17, 15) is 22.7 Å². The summed E-state index contributed by atoms with van der Waals surface area (Å²) >= 11 is 0. The molecule has 2 fully saturated rings. The number of carbonyl (C=O) groups is 1. The fraction of sp³-hybridized carbons (Fsp3) is 0.533. The molecule has 24 heavy (non-hydrogen) atoms. The number of nitrogens with zero attached hydrogens (tertiary/aromatic N) is 2. The van der Waals surface area contributed by atoms with Gasteiger partial charge < -0.3 is 15.3 Å². The van der Waals surface area contributed by atoms with Gasteiger partial charge >= 0.3 is 0 Å². The smallest absolute Gasteiger partial charge is 0.243 e. The summed E-state index contributed by atoms with van der Waals surface area (Å²) in [5.41, 5.74) is 0. The van der Waals surface area contributed by atoms with E-state index in [0.717, 1.165) is 12.1 Å². The van der Waals surface area contributed by atoms with E-state index in [1.54, 1.807) is 4.90 Å². The first-order valence-electron chi connectivity index (χ1n) is 7.84. The summed E-state index contributed by atoms with van der Waals surface area (Å²) in [5, 5.41) is 12.5. The second-order valence-corrected chi connectivity index (χ2v) is 7.97. The third-order valence-corrected chi connectivity index (χ3v) is 6.32. The molecule has 2 unspecified atom stereocenters. The van der Waals surface area contributed by atoms with Crippen LogP contribution in [-0.4, -0.2) is 73.5 Å². The Morgan fingerprint density at radius 2 is 1.79 bits per heavy atom. The van der Waals surface area contributed by atoms with Gasteiger partial charge in [0.1, 0.15) is 5.82 Å². The van der Waals surface area contributed by atoms with Gasteiger partial charge in [0, 0.05) is 32.7 Å². The van der Waals surface area contributed by atoms with Gasteiger partial charge in [0.2, 0.25) is 15.9 Å². The number of sulfonamides is 1. The largest absolute Gasteiger partial charge is 0.392 e. The van der Waals surface area contributed by atoms with Crippen LogP contribution in [0.4, 0.5) is 4.39 Å². The van der Waals surface area contributed by atoms with Crippen molar-refractivity contribution < 1.29 is 22.7 Å². The molecule has 0 aromatic heterocycles. The van der Waals surface area contributed by atoms with E-state index in [1.165, 1.54) is 16.4 Å². The fourth-order valence-electron chi connectivity index (χ4n) is 3.03. The molecule has 1 aromatic rings. The Balaban J connectivity index is 1.62. The summed E-state index contributed by atoms with van der Waals surface area (Å²) in [6, 6.07) is 4.31. The van der Waals surface area contributed by atoms with E-state index in [2.05, 4.69) is 5.32 Å². The number of aliphatic hydroxyl groups excluding tert-OH is 1. The second-order valence-electron chi connectivity index (χ2n) is 6.03. The van der Waals surface area contributed by atoms with Gasteiger partial charge in [-0.25, -0.2) is 12.8 Å². The van der Waals surface area contributed by atoms with Crippen LogP contribution in [0.25, 0.3) is 0 Å². The number of β-amino-alcohol motifs (C(OH)–C–C–N with tert-alkyl or cyclic N) is 1. The van der Waals surface area contributed by atoms with Gasteiger partial charge in [0.15, 0.2) is 0 Å². The minimum absolute atomic E-state index is 0.0456. The average Bonchev–Trinajstić information content (AvgIpc) is 3.01. The molecule has 2 saturated heterocycles. The minimum Gasteiger partial charge on any atom is -0.392 e. The van der Waals surface area contributed by atoms with Crippen molar-refractivity contribution in [1.29, 1.82) is 0 Å². The molecule has 0 radical (unpaired) electrons. The molecule has 0 spiro atoms. The van der Waals surface area contributed by atoms with E-state index in [0.29, 0.717) is 26.1 Å². The summed E-state index contributed by atoms with van der Waals surface area (Å²) < 4.78 is 39.3. The quantitative estimate of drug-likeness (QED) is 0.753. The van der Waals surface area contributed by atoms with Crippen molar-refractivity contribution in [2.45, 2.75) is 23.5 Å². The standard InChI is InChI=1S/C15H20FN3O4S/c16-11-1-3-13(4-2-11)24(22,23)19-7-5-18(6-8-19)15(21)14-9-12(20)10-17-14/h1-4,12,14,17,20H,5-10H2. The Hall–Kier alpha value is -1.55. The van der Waals surface area contributed by atoms with Crippen LogP contribution in [0, 0.1) is 5.82 Å². The van der Waals surface area contributed by atoms with Crippen LogP contribution in [0.5, 0.6) is 0 Å². The first-order valence-corrected chi connectivity index (χ1v) is 9.28. The van der Waals surface area contributed by atoms with Crippen LogP contribution in [0.2, 0.25) is 0 Å². The Bertz CT molecular complexity index is 702. The number of halogens is 1. The predicted molar refractivity (Wildman–Crippen MR) is 84.2 cm³/mol. The van der Waals surface area contributed by atoms with Crippen LogP contribution < -0.4 is 5.32 Å². The van der Waals surface area contributed by atoms with E-state index < -0.39 is 28.0 Å². The van der Waals surface area contributed by atoms with Crippen LogP contribution >= 0.6 is 0 Å². The molecule has 2 N–H and O–H groups in total. The maximum absolute atomic E-state index is 13.0. The SMILES string of the molecule is O=C(C1CC(O)CN1)N1CCN(S(=O)(=O)c2ccc(F)cc2)CC1. The van der Waals surface area contributed by atoms with Crippen LogP contribution in [-0.2, 0) is 14.8 Å². The zero-order valence-corrected chi connectivity index (χ0v) is 13.9. The van der Waals surface area contributed by atoms with Crippen molar-refractivity contribution in [1.82, 2.24) is 14.5 Å². The Morgan fingerprint density at radius 1 is 1.17 bits per heavy atom. The van der Waals surface area contributed by atoms with Crippen LogP contribution in [0.1, 0.15) is 6.42 Å². The maximum atomic E-state index is 13.0. The molecule has 1 amide bonds. The van der Waals surface area contributed by atoms with E-state index in [1.807, 2.05) is 0 Å². The molecule has 7 nitrogen and oxygen atoms in total. The highest BCUT2D eigenvalue weighted by molar-refractivity contribution is 7.89. The van der Waals surface area contributed by atoms with Crippen molar-refractivity contribution in [3.8, 4) is 0 Å². The lowest BCUT2D eigenvalue weighted by Gasteiger charge is -2.35. The number of amides is 1. The molecular formula is C15H20FN3O4S. The Kier molecular flexibility index (Phi) is 4.86. The summed E-state index contributed by atoms with van der Waals surface area (Å²) in [6.45, 7) is 1.39. The van der Waals surface area contributed by atoms with Gasteiger partial charge in [-0.15, -0.1) is 0 Å². The zero-order chi connectivity index (χ0) is 17.3. The average molecular weight is 357 g/mol. The first-order chi connectivity index (χ1) is 11.4. The molecule has 2 atom stereocenters. The van der Waals surface area contributed by atoms with Crippen molar-refractivity contribution >= 4 is 15.9 Å². The summed E-state index contributed by atoms with van der Waals surface area (Å²) in [5.74, 6) is -0.596. The summed E-state index contributed by atoms with van der Waals surface area (Å²) in [7, 11) is -3.68. The third kappa shape index (κ3) is 3.44. The fourth-order valence-corrected chi connectivity index (χ4v) is 4.45. The lowest BCUT2D eigenvalue weighted by atomic mass is 10.1. The Morgan fingerprint density at radius 3 is 2.33 bits per heavy atom. The number of hydrogen-bond acceptors (Lipinski definition) is 5. The molecule has 2 heterocycles. The van der Waals surface area contributed by atoms with Gasteiger partial charge in [-0.3, -0.25) is 4.79 Å². The van der Waals surface area contributed by atoms with Gasteiger partial charge in [0.05, 0.1) is 17.0 Å². The number of rotatable bonds is 3. The van der Waals surface area contributed by atoms with Crippen LogP contribution in [0.15, 0.2) is 29.2 Å². The Labute approximate surface area is 140 Å². The lowest BCUT2D eigenvalue weighted by Crippen LogP contribution is -2.54. The molecule has 9 heteroatoms. The van der Waals surface area contributed by atoms with Gasteiger partial charge in [0.25, 0.3) is 0 Å². The van der Waals surface area contributed by atoms with E-state index >= 15 is 0 Å². The molecule has 2 aliphatic rings. The van der Waals surface area contributed by atoms with Crippen molar-refractivity contribution in [3.63, 3.8) is 0 Å². The molecule has 2 aliphatic heterocycles. The molecule has 0 aliphatic carbocycles. The van der Waals surface area contributed by atoms with E-state index in [-0.39, 0.29) is 23.9 Å². The highest BCUT2D eigenvalue weighted by Gasteiger charge is 2.35. The van der Waals surface area contributed by atoms with Crippen molar-refractivity contribution in [2.24, 2.45) is 0 Å². The molecular weight excluding hydrogens is 337 g/mol. The zero-order valence-electron chi connectivity index (χ0n) is 13.1. The molecule has 132 valence electrons. The van der Waals surface area contributed by atoms with Crippen LogP contribution in [0.3, 0.4) is 0 Å². The molecule has 0 saturated carbocycles. The normalized spacial score (nSPS) is 25.8. The lowest BCUT2D eigenvalue weighted by molar-refractivity contribution is -0.134. The number of benzene rings is 1. The summed E-state index contributed by atoms with van der Waals surface area (Å²) in [4.78, 5) is 14.0. The van der Waals surface area contributed by atoms with Crippen molar-refractivity contribution in [2.75, 3.05) is 32.7 Å². The molecule has 3 rings (SSSR count). The minimum atomic E-state index is -3.68. The second kappa shape index (κ2) is 6.75. The highest BCUT2D eigenvalue weighted by atomic mass is 32.2. The molecule has 0 bridgehead atoms. The first kappa shape index (κ1) is 17.3. The highest BCUT2D eigenvalue weighted by Crippen LogP contribution is 2.19. The van der Waals surface area contributed by atoms with Crippen molar-refractivity contribution in [3.05, 3.63) is 30.1 Å². The number of nitrogens with one attached hydrogen (secondary N) is 1. The maximum Gasteiger partial charge on any atom is 0.243 e. The number of hydrogen-bond donors (Lipinski definition) is 2. The summed E-state index contributed by atoms with van der Waals surface area (Å²) in [6.07, 6.45) is -0.133.